The summed E-state index contributed by atoms with van der Waals surface area (Å²) in [6, 6.07) is 5.23. The number of allylic oxidation sites excluding steroid dienone is 4. The molecule has 1 aliphatic heterocycles. The molecule has 1 aromatic rings. The van der Waals surface area contributed by atoms with E-state index in [0.29, 0.717) is 48.8 Å². The molecule has 0 unspecified atom stereocenters. The highest BCUT2D eigenvalue weighted by molar-refractivity contribution is 6.43. The van der Waals surface area contributed by atoms with E-state index >= 15 is 0 Å². The first-order valence-corrected chi connectivity index (χ1v) is 15.8. The summed E-state index contributed by atoms with van der Waals surface area (Å²) < 4.78 is 14.5. The average Bonchev–Trinajstić information content (AvgIpc) is 3.23. The number of rotatable bonds is 13. The number of hydrogen-bond acceptors (Lipinski definition) is 7. The first-order chi connectivity index (χ1) is 21.5. The maximum atomic E-state index is 14.5. The third-order valence-corrected chi connectivity index (χ3v) is 7.99. The quantitative estimate of drug-likeness (QED) is 0.163. The van der Waals surface area contributed by atoms with Gasteiger partial charge in [0.25, 0.3) is 11.8 Å². The van der Waals surface area contributed by atoms with Crippen molar-refractivity contribution in [1.29, 1.82) is 0 Å². The Morgan fingerprint density at radius 3 is 2.28 bits per heavy atom. The zero-order valence-corrected chi connectivity index (χ0v) is 29.4. The minimum absolute atomic E-state index is 0.113. The van der Waals surface area contributed by atoms with Crippen molar-refractivity contribution >= 4 is 29.4 Å². The molecule has 2 amide bonds. The lowest BCUT2D eigenvalue weighted by atomic mass is 9.91. The van der Waals surface area contributed by atoms with Gasteiger partial charge in [-0.05, 0) is 97.7 Å². The monoisotopic (exact) mass is 634 g/mol. The van der Waals surface area contributed by atoms with Crippen molar-refractivity contribution in [2.75, 3.05) is 31.1 Å². The summed E-state index contributed by atoms with van der Waals surface area (Å²) in [5.41, 5.74) is 3.02. The zero-order chi connectivity index (χ0) is 34.8. The maximum absolute atomic E-state index is 14.5. The summed E-state index contributed by atoms with van der Waals surface area (Å²) in [6.45, 7) is 23.5. The molecule has 10 heteroatoms. The molecule has 2 rings (SSSR count). The van der Waals surface area contributed by atoms with Crippen LogP contribution in [0.15, 0.2) is 80.5 Å². The SMILES string of the molecule is C\C=C(/C=N\C(=C/C)N(CC)CCN(C(=O)C(/C=C/C)=N/C1=C(C)N(c2ccc(C)c(F)c2)CC1(C)C)C(C)(C)C)CC(=O)N=O. The van der Waals surface area contributed by atoms with Gasteiger partial charge in [-0.25, -0.2) is 14.4 Å². The fraction of sp³-hybridized carbons (Fsp3) is 0.500. The number of anilines is 1. The standard InChI is InChI=1S/C36H51FN6O3/c1-12-16-30(39-33-26(6)42(24-36(33,10)11)28-18-17-25(5)29(37)22-28)34(45)43(35(7,8)9)20-19-41(15-4)31(14-3)38-23-27(13-2)21-32(44)40-46/h12-14,16-18,22-23H,15,19-21,24H2,1-11H3/b16-12+,27-13-,31-14+,38-23-,39-30+. The molecule has 0 N–H and O–H groups in total. The molecule has 0 aromatic heterocycles. The van der Waals surface area contributed by atoms with Gasteiger partial charge >= 0.3 is 0 Å². The van der Waals surface area contributed by atoms with Crippen molar-refractivity contribution in [2.45, 2.75) is 88.1 Å². The highest BCUT2D eigenvalue weighted by Crippen LogP contribution is 2.42. The minimum atomic E-state index is -0.754. The summed E-state index contributed by atoms with van der Waals surface area (Å²) in [4.78, 5) is 51.9. The Bertz CT molecular complexity index is 1480. The van der Waals surface area contributed by atoms with Gasteiger partial charge in [0, 0.05) is 59.9 Å². The number of amides is 2. The van der Waals surface area contributed by atoms with Gasteiger partial charge in [0.15, 0.2) is 0 Å². The Hall–Kier alpha value is -4.21. The van der Waals surface area contributed by atoms with Crippen molar-refractivity contribution in [3.8, 4) is 0 Å². The molecule has 1 heterocycles. The molecule has 1 aromatic carbocycles. The smallest absolute Gasteiger partial charge is 0.290 e. The number of halogens is 1. The number of nitroso groups, excluding NO2 is 1. The predicted molar refractivity (Wildman–Crippen MR) is 187 cm³/mol. The number of aryl methyl sites for hydroxylation is 1. The van der Waals surface area contributed by atoms with Crippen molar-refractivity contribution in [1.82, 2.24) is 9.80 Å². The van der Waals surface area contributed by atoms with Crippen LogP contribution in [-0.4, -0.2) is 65.3 Å². The Balaban J connectivity index is 2.43. The molecule has 1 aliphatic rings. The lowest BCUT2D eigenvalue weighted by Gasteiger charge is -2.37. The van der Waals surface area contributed by atoms with Gasteiger partial charge in [-0.15, -0.1) is 4.91 Å². The second-order valence-electron chi connectivity index (χ2n) is 13.0. The highest BCUT2D eigenvalue weighted by atomic mass is 19.1. The second kappa shape index (κ2) is 16.4. The van der Waals surface area contributed by atoms with Gasteiger partial charge < -0.3 is 14.7 Å². The molecule has 9 nitrogen and oxygen atoms in total. The van der Waals surface area contributed by atoms with Crippen LogP contribution in [0.5, 0.6) is 0 Å². The van der Waals surface area contributed by atoms with Crippen molar-refractivity contribution in [2.24, 2.45) is 20.6 Å². The van der Waals surface area contributed by atoms with Crippen LogP contribution < -0.4 is 4.90 Å². The van der Waals surface area contributed by atoms with Gasteiger partial charge in [0.05, 0.1) is 12.1 Å². The molecular weight excluding hydrogens is 583 g/mol. The molecule has 0 aliphatic carbocycles. The van der Waals surface area contributed by atoms with Crippen LogP contribution in [0.1, 0.15) is 81.2 Å². The Morgan fingerprint density at radius 1 is 1.09 bits per heavy atom. The summed E-state index contributed by atoms with van der Waals surface area (Å²) in [5, 5.41) is 2.47. The van der Waals surface area contributed by atoms with E-state index in [9.17, 15) is 18.9 Å². The van der Waals surface area contributed by atoms with E-state index in [2.05, 4.69) is 28.9 Å². The number of nitrogens with zero attached hydrogens (tertiary/aromatic N) is 6. The van der Waals surface area contributed by atoms with E-state index in [0.717, 1.165) is 17.1 Å². The second-order valence-corrected chi connectivity index (χ2v) is 13.0. The van der Waals surface area contributed by atoms with Crippen molar-refractivity contribution in [3.05, 3.63) is 81.6 Å². The number of benzene rings is 1. The predicted octanol–water partition coefficient (Wildman–Crippen LogP) is 7.74. The molecular formula is C36H51FN6O3. The van der Waals surface area contributed by atoms with E-state index in [4.69, 9.17) is 4.99 Å². The van der Waals surface area contributed by atoms with Crippen molar-refractivity contribution < 1.29 is 14.0 Å². The molecule has 0 fully saturated rings. The summed E-state index contributed by atoms with van der Waals surface area (Å²) in [6.07, 6.45) is 8.61. The highest BCUT2D eigenvalue weighted by Gasteiger charge is 2.38. The molecule has 0 saturated heterocycles. The van der Waals surface area contributed by atoms with Crippen LogP contribution in [0.25, 0.3) is 0 Å². The number of hydrogen-bond donors (Lipinski definition) is 0. The first kappa shape index (κ1) is 38.0. The van der Waals surface area contributed by atoms with E-state index in [1.165, 1.54) is 0 Å². The normalized spacial score (nSPS) is 16.2. The average molecular weight is 635 g/mol. The van der Waals surface area contributed by atoms with E-state index in [1.807, 2.05) is 76.5 Å². The molecule has 0 saturated carbocycles. The van der Waals surface area contributed by atoms with E-state index < -0.39 is 11.4 Å². The fourth-order valence-electron chi connectivity index (χ4n) is 5.36. The lowest BCUT2D eigenvalue weighted by molar-refractivity contribution is -0.128. The topological polar surface area (TPSA) is 98.0 Å². The van der Waals surface area contributed by atoms with Gasteiger partial charge in [0.1, 0.15) is 17.3 Å². The summed E-state index contributed by atoms with van der Waals surface area (Å²) in [7, 11) is 0. The van der Waals surface area contributed by atoms with Gasteiger partial charge in [0.2, 0.25) is 0 Å². The summed E-state index contributed by atoms with van der Waals surface area (Å²) in [5.74, 6) is -0.529. The fourth-order valence-corrected chi connectivity index (χ4v) is 5.36. The maximum Gasteiger partial charge on any atom is 0.290 e. The number of likely N-dealkylation sites (N-methyl/N-ethyl adjacent to an activating group) is 1. The van der Waals surface area contributed by atoms with Crippen LogP contribution in [0.2, 0.25) is 0 Å². The van der Waals surface area contributed by atoms with Gasteiger partial charge in [-0.3, -0.25) is 9.59 Å². The number of carbonyl (C=O) groups is 2. The molecule has 250 valence electrons. The van der Waals surface area contributed by atoms with Gasteiger partial charge in [-0.2, -0.15) is 0 Å². The van der Waals surface area contributed by atoms with Crippen molar-refractivity contribution in [3.63, 3.8) is 0 Å². The third kappa shape index (κ3) is 9.64. The van der Waals surface area contributed by atoms with E-state index in [-0.39, 0.29) is 23.6 Å². The van der Waals surface area contributed by atoms with Gasteiger partial charge in [-0.1, -0.05) is 32.1 Å². The van der Waals surface area contributed by atoms with Crippen LogP contribution in [0, 0.1) is 23.1 Å². The van der Waals surface area contributed by atoms with E-state index in [1.54, 1.807) is 44.3 Å². The molecule has 0 spiro atoms. The number of carbonyl (C=O) groups excluding carboxylic acids is 2. The minimum Gasteiger partial charge on any atom is -0.355 e. The number of aliphatic imine (C=N–C) groups is 2. The Morgan fingerprint density at radius 2 is 1.76 bits per heavy atom. The first-order valence-electron chi connectivity index (χ1n) is 15.8. The summed E-state index contributed by atoms with van der Waals surface area (Å²) >= 11 is 0. The van der Waals surface area contributed by atoms with Crippen LogP contribution >= 0.6 is 0 Å². The Kier molecular flexibility index (Phi) is 13.5. The van der Waals surface area contributed by atoms with Crippen LogP contribution in [-0.2, 0) is 9.59 Å². The molecule has 0 bridgehead atoms. The largest absolute Gasteiger partial charge is 0.355 e. The van der Waals surface area contributed by atoms with Crippen LogP contribution in [0.3, 0.4) is 0 Å². The third-order valence-electron chi connectivity index (χ3n) is 7.99. The zero-order valence-electron chi connectivity index (χ0n) is 29.4. The Labute approximate surface area is 274 Å². The molecule has 46 heavy (non-hydrogen) atoms. The lowest BCUT2D eigenvalue weighted by Crippen LogP contribution is -2.51. The van der Waals surface area contributed by atoms with Crippen LogP contribution in [0.4, 0.5) is 10.1 Å². The molecule has 0 atom stereocenters. The molecule has 0 radical (unpaired) electrons.